The van der Waals surface area contributed by atoms with E-state index in [1.807, 2.05) is 48.5 Å². The topological polar surface area (TPSA) is 109 Å². The fourth-order valence-electron chi connectivity index (χ4n) is 4.30. The molecule has 1 aromatic heterocycles. The van der Waals surface area contributed by atoms with Gasteiger partial charge in [0.1, 0.15) is 5.69 Å². The molecule has 2 heterocycles. The van der Waals surface area contributed by atoms with E-state index < -0.39 is 0 Å². The molecule has 4 aromatic rings. The highest BCUT2D eigenvalue weighted by Gasteiger charge is 2.17. The van der Waals surface area contributed by atoms with Crippen molar-refractivity contribution >= 4 is 46.3 Å². The van der Waals surface area contributed by atoms with Crippen LogP contribution in [-0.2, 0) is 0 Å². The van der Waals surface area contributed by atoms with E-state index in [0.29, 0.717) is 23.4 Å². The van der Waals surface area contributed by atoms with E-state index in [4.69, 9.17) is 0 Å². The van der Waals surface area contributed by atoms with Crippen LogP contribution in [0.3, 0.4) is 0 Å². The summed E-state index contributed by atoms with van der Waals surface area (Å²) in [5.74, 6) is -0.308. The quantitative estimate of drug-likeness (QED) is 0.206. The number of aldehydes is 1. The van der Waals surface area contributed by atoms with Gasteiger partial charge in [0.2, 0.25) is 0 Å². The van der Waals surface area contributed by atoms with Gasteiger partial charge in [0.05, 0.1) is 11.8 Å². The molecule has 3 aromatic carbocycles. The third-order valence-electron chi connectivity index (χ3n) is 6.38. The van der Waals surface area contributed by atoms with Gasteiger partial charge in [-0.3, -0.25) is 9.59 Å². The predicted octanol–water partition coefficient (Wildman–Crippen LogP) is 5.53. The molecule has 0 saturated carbocycles. The first kappa shape index (κ1) is 24.1. The SMILES string of the molecule is O=Cc1ccc(C(=O)Nc2ccc(Nc3ccc(Nc4ccc(N5CCC(O)CC5)cc4)cc3)cc2)[nH]1. The highest BCUT2D eigenvalue weighted by molar-refractivity contribution is 6.03. The second-order valence-electron chi connectivity index (χ2n) is 9.07. The van der Waals surface area contributed by atoms with Gasteiger partial charge < -0.3 is 30.9 Å². The maximum absolute atomic E-state index is 12.3. The van der Waals surface area contributed by atoms with E-state index in [2.05, 4.69) is 50.1 Å². The Balaban J connectivity index is 1.13. The molecule has 5 N–H and O–H groups in total. The van der Waals surface area contributed by atoms with Crippen LogP contribution in [0.1, 0.15) is 33.8 Å². The van der Waals surface area contributed by atoms with E-state index in [-0.39, 0.29) is 12.0 Å². The molecule has 8 nitrogen and oxygen atoms in total. The van der Waals surface area contributed by atoms with Crippen LogP contribution in [0.2, 0.25) is 0 Å². The number of benzene rings is 3. The summed E-state index contributed by atoms with van der Waals surface area (Å²) in [7, 11) is 0. The number of nitrogens with zero attached hydrogens (tertiary/aromatic N) is 1. The lowest BCUT2D eigenvalue weighted by molar-refractivity contribution is 0.102. The van der Waals surface area contributed by atoms with Crippen molar-refractivity contribution in [1.29, 1.82) is 0 Å². The maximum atomic E-state index is 12.3. The molecule has 1 aliphatic rings. The number of anilines is 6. The molecular weight excluding hydrogens is 466 g/mol. The van der Waals surface area contributed by atoms with Gasteiger partial charge in [-0.1, -0.05) is 0 Å². The van der Waals surface area contributed by atoms with Gasteiger partial charge in [-0.05, 0) is 97.8 Å². The zero-order valence-electron chi connectivity index (χ0n) is 20.3. The van der Waals surface area contributed by atoms with E-state index >= 15 is 0 Å². The van der Waals surface area contributed by atoms with Gasteiger partial charge in [0.15, 0.2) is 6.29 Å². The van der Waals surface area contributed by atoms with Crippen LogP contribution in [0, 0.1) is 0 Å². The van der Waals surface area contributed by atoms with Gasteiger partial charge in [0, 0.05) is 47.2 Å². The van der Waals surface area contributed by atoms with Gasteiger partial charge in [0.25, 0.3) is 5.91 Å². The standard InChI is InChI=1S/C29H29N5O3/c35-19-25-11-14-28(32-25)29(37)33-24-7-5-22(6-8-24)30-20-1-3-21(4-2-20)31-23-9-12-26(13-10-23)34-17-15-27(36)16-18-34/h1-14,19,27,30-32,36H,15-18H2,(H,33,37). The smallest absolute Gasteiger partial charge is 0.272 e. The van der Waals surface area contributed by atoms with E-state index in [0.717, 1.165) is 48.7 Å². The van der Waals surface area contributed by atoms with E-state index in [1.165, 1.54) is 5.69 Å². The second-order valence-corrected chi connectivity index (χ2v) is 9.07. The van der Waals surface area contributed by atoms with Gasteiger partial charge in [-0.2, -0.15) is 0 Å². The summed E-state index contributed by atoms with van der Waals surface area (Å²) in [6, 6.07) is 26.9. The number of aromatic nitrogens is 1. The van der Waals surface area contributed by atoms with Crippen LogP contribution >= 0.6 is 0 Å². The number of piperidine rings is 1. The van der Waals surface area contributed by atoms with Crippen molar-refractivity contribution in [2.45, 2.75) is 18.9 Å². The third-order valence-corrected chi connectivity index (χ3v) is 6.38. The Labute approximate surface area is 215 Å². The van der Waals surface area contributed by atoms with Crippen LogP contribution in [0.5, 0.6) is 0 Å². The molecule has 0 spiro atoms. The first-order valence-electron chi connectivity index (χ1n) is 12.3. The Kier molecular flexibility index (Phi) is 7.19. The summed E-state index contributed by atoms with van der Waals surface area (Å²) in [4.78, 5) is 28.1. The van der Waals surface area contributed by atoms with Gasteiger partial charge in [-0.25, -0.2) is 0 Å². The lowest BCUT2D eigenvalue weighted by atomic mass is 10.1. The molecule has 0 aliphatic carbocycles. The normalized spacial score (nSPS) is 13.7. The first-order valence-corrected chi connectivity index (χ1v) is 12.3. The summed E-state index contributed by atoms with van der Waals surface area (Å²) >= 11 is 0. The molecule has 5 rings (SSSR count). The maximum Gasteiger partial charge on any atom is 0.272 e. The summed E-state index contributed by atoms with van der Waals surface area (Å²) in [5.41, 5.74) is 6.36. The summed E-state index contributed by atoms with van der Waals surface area (Å²) in [6.45, 7) is 1.77. The van der Waals surface area contributed by atoms with Crippen molar-refractivity contribution in [3.8, 4) is 0 Å². The largest absolute Gasteiger partial charge is 0.393 e. The summed E-state index contributed by atoms with van der Waals surface area (Å²) < 4.78 is 0. The minimum absolute atomic E-state index is 0.170. The molecular formula is C29H29N5O3. The molecule has 1 amide bonds. The zero-order chi connectivity index (χ0) is 25.6. The molecule has 188 valence electrons. The number of amides is 1. The summed E-state index contributed by atoms with van der Waals surface area (Å²) in [5, 5.41) is 19.3. The number of hydrogen-bond acceptors (Lipinski definition) is 6. The van der Waals surface area contributed by atoms with Crippen molar-refractivity contribution < 1.29 is 14.7 Å². The fraction of sp³-hybridized carbons (Fsp3) is 0.172. The monoisotopic (exact) mass is 495 g/mol. The number of H-pyrrole nitrogens is 1. The molecule has 0 bridgehead atoms. The van der Waals surface area contributed by atoms with Crippen molar-refractivity contribution in [1.82, 2.24) is 4.98 Å². The van der Waals surface area contributed by atoms with Crippen LogP contribution in [0.25, 0.3) is 0 Å². The van der Waals surface area contributed by atoms with Crippen molar-refractivity contribution in [3.05, 3.63) is 96.3 Å². The highest BCUT2D eigenvalue weighted by atomic mass is 16.3. The number of aromatic amines is 1. The molecule has 0 radical (unpaired) electrons. The number of hydrogen-bond donors (Lipinski definition) is 5. The Morgan fingerprint density at radius 2 is 1.24 bits per heavy atom. The Hall–Kier alpha value is -4.56. The van der Waals surface area contributed by atoms with Crippen LogP contribution in [0.4, 0.5) is 34.1 Å². The average Bonchev–Trinajstić information content (AvgIpc) is 3.42. The average molecular weight is 496 g/mol. The third kappa shape index (κ3) is 6.17. The van der Waals surface area contributed by atoms with Gasteiger partial charge in [-0.15, -0.1) is 0 Å². The second kappa shape index (κ2) is 11.0. The molecule has 1 fully saturated rings. The molecule has 0 unspecified atom stereocenters. The van der Waals surface area contributed by atoms with E-state index in [9.17, 15) is 14.7 Å². The molecule has 1 saturated heterocycles. The van der Waals surface area contributed by atoms with Crippen LogP contribution in [-0.4, -0.2) is 41.5 Å². The number of nitrogens with one attached hydrogen (secondary N) is 4. The molecule has 8 heteroatoms. The minimum Gasteiger partial charge on any atom is -0.393 e. The van der Waals surface area contributed by atoms with Crippen molar-refractivity contribution in [2.75, 3.05) is 33.9 Å². The first-order chi connectivity index (χ1) is 18.1. The Morgan fingerprint density at radius 3 is 1.73 bits per heavy atom. The number of carbonyl (C=O) groups excluding carboxylic acids is 2. The van der Waals surface area contributed by atoms with Gasteiger partial charge >= 0.3 is 0 Å². The lowest BCUT2D eigenvalue weighted by Gasteiger charge is -2.31. The molecule has 0 atom stereocenters. The Bertz CT molecular complexity index is 1340. The number of carbonyl (C=O) groups is 2. The fourth-order valence-corrected chi connectivity index (χ4v) is 4.30. The number of aliphatic hydroxyl groups excluding tert-OH is 1. The summed E-state index contributed by atoms with van der Waals surface area (Å²) in [6.07, 6.45) is 2.14. The lowest BCUT2D eigenvalue weighted by Crippen LogP contribution is -2.35. The molecule has 1 aliphatic heterocycles. The minimum atomic E-state index is -0.308. The van der Waals surface area contributed by atoms with Crippen LogP contribution in [0.15, 0.2) is 84.9 Å². The van der Waals surface area contributed by atoms with Crippen LogP contribution < -0.4 is 20.9 Å². The predicted molar refractivity (Wildman–Crippen MR) is 147 cm³/mol. The molecule has 37 heavy (non-hydrogen) atoms. The zero-order valence-corrected chi connectivity index (χ0v) is 20.3. The number of rotatable bonds is 8. The number of aliphatic hydroxyl groups is 1. The Morgan fingerprint density at radius 1 is 0.757 bits per heavy atom. The van der Waals surface area contributed by atoms with E-state index in [1.54, 1.807) is 12.1 Å². The van der Waals surface area contributed by atoms with Crippen molar-refractivity contribution in [2.24, 2.45) is 0 Å². The highest BCUT2D eigenvalue weighted by Crippen LogP contribution is 2.26. The van der Waals surface area contributed by atoms with Crippen molar-refractivity contribution in [3.63, 3.8) is 0 Å².